The molecule has 1 heterocycles. The average Bonchev–Trinajstić information content (AvgIpc) is 2.62. The molecule has 1 atom stereocenters. The van der Waals surface area contributed by atoms with Crippen LogP contribution in [0.3, 0.4) is 0 Å². The van der Waals surface area contributed by atoms with Gasteiger partial charge in [-0.3, -0.25) is 4.99 Å². The Balaban J connectivity index is 1.96. The zero-order chi connectivity index (χ0) is 10.7. The zero-order valence-electron chi connectivity index (χ0n) is 8.05. The molecule has 0 fully saturated rings. The predicted octanol–water partition coefficient (Wildman–Crippen LogP) is 1.32. The van der Waals surface area contributed by atoms with E-state index in [0.29, 0.717) is 5.75 Å². The number of thioether (sulfide) groups is 1. The van der Waals surface area contributed by atoms with Gasteiger partial charge in [0, 0.05) is 12.2 Å². The van der Waals surface area contributed by atoms with Crippen molar-refractivity contribution in [2.75, 3.05) is 5.75 Å². The number of carboxylic acid groups (broad SMARTS) is 1. The van der Waals surface area contributed by atoms with Crippen molar-refractivity contribution in [1.29, 1.82) is 0 Å². The van der Waals surface area contributed by atoms with Crippen LogP contribution in [0.5, 0.6) is 0 Å². The second-order valence-corrected chi connectivity index (χ2v) is 4.50. The fourth-order valence-corrected chi connectivity index (χ4v) is 2.54. The van der Waals surface area contributed by atoms with Gasteiger partial charge in [-0.05, 0) is 23.8 Å². The molecule has 1 aliphatic heterocycles. The number of carboxylic acids is 1. The molecule has 2 rings (SSSR count). The van der Waals surface area contributed by atoms with Crippen LogP contribution in [-0.2, 0) is 4.79 Å². The van der Waals surface area contributed by atoms with Gasteiger partial charge in [-0.15, -0.1) is 11.8 Å². The van der Waals surface area contributed by atoms with Crippen molar-refractivity contribution in [2.24, 2.45) is 4.99 Å². The molecule has 1 aliphatic rings. The zero-order valence-corrected chi connectivity index (χ0v) is 8.87. The minimum atomic E-state index is -0.995. The maximum Gasteiger partial charge on any atom is 0.0673 e. The largest absolute Gasteiger partial charge is 0.550 e. The monoisotopic (exact) mass is 220 g/mol. The van der Waals surface area contributed by atoms with Crippen molar-refractivity contribution in [3.63, 3.8) is 0 Å². The Kier molecular flexibility index (Phi) is 3.06. The molecule has 0 aromatic heterocycles. The minimum absolute atomic E-state index is 0.0944. The molecule has 15 heavy (non-hydrogen) atoms. The molecule has 0 saturated carbocycles. The van der Waals surface area contributed by atoms with Crippen molar-refractivity contribution >= 4 is 29.6 Å². The van der Waals surface area contributed by atoms with E-state index in [1.807, 2.05) is 30.5 Å². The summed E-state index contributed by atoms with van der Waals surface area (Å²) < 4.78 is 0. The number of carbonyl (C=O) groups is 1. The van der Waals surface area contributed by atoms with Crippen molar-refractivity contribution < 1.29 is 9.90 Å². The second-order valence-electron chi connectivity index (χ2n) is 3.25. The first kappa shape index (κ1) is 10.2. The summed E-state index contributed by atoms with van der Waals surface area (Å²) in [4.78, 5) is 14.5. The Labute approximate surface area is 92.2 Å². The summed E-state index contributed by atoms with van der Waals surface area (Å²) in [6.45, 7) is 0. The van der Waals surface area contributed by atoms with Crippen LogP contribution in [0.1, 0.15) is 17.2 Å². The highest BCUT2D eigenvalue weighted by molar-refractivity contribution is 8.00. The summed E-state index contributed by atoms with van der Waals surface area (Å²) in [6.07, 6.45) is 1.96. The van der Waals surface area contributed by atoms with Gasteiger partial charge in [0.05, 0.1) is 10.9 Å². The van der Waals surface area contributed by atoms with Gasteiger partial charge in [-0.25, -0.2) is 0 Å². The van der Waals surface area contributed by atoms with E-state index in [0.717, 1.165) is 5.69 Å². The standard InChI is InChI=1S/C11H11NO2S/c13-11(14)5-6-15-10-7-12-9-4-2-1-3-8(9)10/h1-4,7,10H,5-6H2,(H,13,14)/p-1. The lowest BCUT2D eigenvalue weighted by Gasteiger charge is -2.08. The van der Waals surface area contributed by atoms with Gasteiger partial charge in [-0.2, -0.15) is 0 Å². The lowest BCUT2D eigenvalue weighted by atomic mass is 10.1. The number of hydrogen-bond acceptors (Lipinski definition) is 4. The Morgan fingerprint density at radius 2 is 2.27 bits per heavy atom. The minimum Gasteiger partial charge on any atom is -0.550 e. The molecule has 0 amide bonds. The lowest BCUT2D eigenvalue weighted by Crippen LogP contribution is -2.22. The van der Waals surface area contributed by atoms with Gasteiger partial charge < -0.3 is 9.90 Å². The molecular formula is C11H10NO2S-. The van der Waals surface area contributed by atoms with Gasteiger partial charge in [0.2, 0.25) is 0 Å². The van der Waals surface area contributed by atoms with E-state index in [1.165, 1.54) is 5.56 Å². The third-order valence-electron chi connectivity index (χ3n) is 2.20. The summed E-state index contributed by atoms with van der Waals surface area (Å²) in [7, 11) is 0. The topological polar surface area (TPSA) is 52.5 Å². The number of rotatable bonds is 4. The van der Waals surface area contributed by atoms with Crippen molar-refractivity contribution in [3.8, 4) is 0 Å². The van der Waals surface area contributed by atoms with Gasteiger partial charge in [-0.1, -0.05) is 18.2 Å². The second kappa shape index (κ2) is 4.49. The van der Waals surface area contributed by atoms with Gasteiger partial charge in [0.1, 0.15) is 0 Å². The van der Waals surface area contributed by atoms with Crippen molar-refractivity contribution in [1.82, 2.24) is 0 Å². The van der Waals surface area contributed by atoms with Crippen LogP contribution < -0.4 is 5.11 Å². The van der Waals surface area contributed by atoms with Crippen LogP contribution in [0.25, 0.3) is 0 Å². The number of carbonyl (C=O) groups excluding carboxylic acids is 1. The van der Waals surface area contributed by atoms with Crippen molar-refractivity contribution in [3.05, 3.63) is 29.8 Å². The average molecular weight is 220 g/mol. The highest BCUT2D eigenvalue weighted by Gasteiger charge is 2.17. The first-order chi connectivity index (χ1) is 7.27. The summed E-state index contributed by atoms with van der Waals surface area (Å²) in [5.41, 5.74) is 2.16. The summed E-state index contributed by atoms with van der Waals surface area (Å²) in [5.74, 6) is -0.432. The quantitative estimate of drug-likeness (QED) is 0.769. The molecule has 0 bridgehead atoms. The van der Waals surface area contributed by atoms with Gasteiger partial charge >= 0.3 is 0 Å². The van der Waals surface area contributed by atoms with Crippen LogP contribution >= 0.6 is 11.8 Å². The first-order valence-corrected chi connectivity index (χ1v) is 5.77. The number of hydrogen-bond donors (Lipinski definition) is 0. The molecule has 1 unspecified atom stereocenters. The number of nitrogens with zero attached hydrogens (tertiary/aromatic N) is 1. The molecule has 78 valence electrons. The van der Waals surface area contributed by atoms with E-state index >= 15 is 0 Å². The lowest BCUT2D eigenvalue weighted by molar-refractivity contribution is -0.305. The molecule has 0 spiro atoms. The van der Waals surface area contributed by atoms with E-state index in [4.69, 9.17) is 0 Å². The van der Waals surface area contributed by atoms with Gasteiger partial charge in [0.15, 0.2) is 0 Å². The smallest absolute Gasteiger partial charge is 0.0673 e. The fourth-order valence-electron chi connectivity index (χ4n) is 1.48. The number of aliphatic imine (C=N–C) groups is 1. The van der Waals surface area contributed by atoms with Gasteiger partial charge in [0.25, 0.3) is 0 Å². The third kappa shape index (κ3) is 2.39. The summed E-state index contributed by atoms with van der Waals surface area (Å²) in [5, 5.41) is 10.5. The molecule has 0 saturated heterocycles. The van der Waals surface area contributed by atoms with E-state index < -0.39 is 5.97 Å². The van der Waals surface area contributed by atoms with E-state index in [-0.39, 0.29) is 11.7 Å². The highest BCUT2D eigenvalue weighted by Crippen LogP contribution is 2.38. The maximum absolute atomic E-state index is 10.3. The SMILES string of the molecule is O=C([O-])CCSC1C=Nc2ccccc21. The molecule has 4 heteroatoms. The fraction of sp³-hybridized carbons (Fsp3) is 0.273. The molecular weight excluding hydrogens is 210 g/mol. The Hall–Kier alpha value is -1.29. The molecule has 0 radical (unpaired) electrons. The molecule has 0 aliphatic carbocycles. The van der Waals surface area contributed by atoms with Crippen LogP contribution in [0, 0.1) is 0 Å². The number of benzene rings is 1. The molecule has 3 nitrogen and oxygen atoms in total. The summed E-state index contributed by atoms with van der Waals surface area (Å²) >= 11 is 1.58. The third-order valence-corrected chi connectivity index (χ3v) is 3.37. The number of aliphatic carboxylic acids is 1. The van der Waals surface area contributed by atoms with Crippen LogP contribution in [-0.4, -0.2) is 17.9 Å². The first-order valence-electron chi connectivity index (χ1n) is 4.72. The number of fused-ring (bicyclic) bond motifs is 1. The number of para-hydroxylation sites is 1. The van der Waals surface area contributed by atoms with Crippen LogP contribution in [0.2, 0.25) is 0 Å². The molecule has 1 aromatic carbocycles. The maximum atomic E-state index is 10.3. The summed E-state index contributed by atoms with van der Waals surface area (Å²) in [6, 6.07) is 7.91. The Morgan fingerprint density at radius 1 is 1.47 bits per heavy atom. The van der Waals surface area contributed by atoms with Crippen LogP contribution in [0.15, 0.2) is 29.3 Å². The normalized spacial score (nSPS) is 17.7. The molecule has 0 N–H and O–H groups in total. The van der Waals surface area contributed by atoms with Crippen molar-refractivity contribution in [2.45, 2.75) is 11.7 Å². The van der Waals surface area contributed by atoms with E-state index in [9.17, 15) is 9.90 Å². The van der Waals surface area contributed by atoms with E-state index in [1.54, 1.807) is 11.8 Å². The Morgan fingerprint density at radius 3 is 3.07 bits per heavy atom. The Bertz CT molecular complexity index is 403. The van der Waals surface area contributed by atoms with Crippen LogP contribution in [0.4, 0.5) is 5.69 Å². The molecule has 1 aromatic rings. The highest BCUT2D eigenvalue weighted by atomic mass is 32.2. The predicted molar refractivity (Wildman–Crippen MR) is 59.4 cm³/mol. The van der Waals surface area contributed by atoms with E-state index in [2.05, 4.69) is 4.99 Å².